The van der Waals surface area contributed by atoms with Crippen LogP contribution in [0, 0.1) is 5.41 Å². The summed E-state index contributed by atoms with van der Waals surface area (Å²) in [5.41, 5.74) is 0.439. The largest absolute Gasteiger partial charge is 0.511 e. The number of carbonyl (C=O) groups excluding carboxylic acids is 2. The number of carbonyl (C=O) groups is 3. The molecule has 3 N–H and O–H groups in total. The van der Waals surface area contributed by atoms with Gasteiger partial charge in [-0.3, -0.25) is 14.6 Å². The summed E-state index contributed by atoms with van der Waals surface area (Å²) >= 11 is 0. The van der Waals surface area contributed by atoms with E-state index in [0.717, 1.165) is 0 Å². The number of aliphatic hydroxyl groups is 1. The monoisotopic (exact) mass is 372 g/mol. The van der Waals surface area contributed by atoms with Gasteiger partial charge in [0.15, 0.2) is 5.78 Å². The Balaban J connectivity index is 2.14. The fourth-order valence-electron chi connectivity index (χ4n) is 3.02. The predicted octanol–water partition coefficient (Wildman–Crippen LogP) is 2.53. The Morgan fingerprint density at radius 3 is 2.41 bits per heavy atom. The number of aliphatic carboxylic acids is 1. The summed E-state index contributed by atoms with van der Waals surface area (Å²) in [6.07, 6.45) is 0.639. The van der Waals surface area contributed by atoms with Crippen molar-refractivity contribution >= 4 is 23.4 Å². The molecule has 0 radical (unpaired) electrons. The second-order valence-corrected chi connectivity index (χ2v) is 7.42. The molecule has 1 aromatic carbocycles. The molecule has 0 spiro atoms. The molecule has 1 aromatic rings. The van der Waals surface area contributed by atoms with E-state index in [1.54, 1.807) is 37.3 Å². The van der Waals surface area contributed by atoms with Crippen molar-refractivity contribution in [1.29, 1.82) is 0 Å². The van der Waals surface area contributed by atoms with E-state index in [9.17, 15) is 24.6 Å². The highest BCUT2D eigenvalue weighted by atomic mass is 16.4. The van der Waals surface area contributed by atoms with Crippen LogP contribution in [0.15, 0.2) is 46.7 Å². The number of rotatable bonds is 6. The maximum absolute atomic E-state index is 12.3. The standard InChI is InChI=1S/C20H24N2O5/c1-12(17-15(23)9-20(2,3)10-16(17)24)21-11-14(19(26)27)22-18(25)13-7-5-4-6-8-13/h4-8,14,23H,9-11H2,1-3H3,(H,22,25)(H,26,27). The number of hydrogen-bond donors (Lipinski definition) is 3. The molecule has 7 nitrogen and oxygen atoms in total. The van der Waals surface area contributed by atoms with Crippen LogP contribution in [-0.4, -0.2) is 46.2 Å². The molecule has 1 aliphatic carbocycles. The molecule has 1 aliphatic rings. The normalized spacial score (nSPS) is 18.2. The number of carboxylic acids is 1. The fourth-order valence-corrected chi connectivity index (χ4v) is 3.02. The first-order valence-electron chi connectivity index (χ1n) is 8.66. The molecule has 0 saturated heterocycles. The van der Waals surface area contributed by atoms with E-state index in [0.29, 0.717) is 12.0 Å². The Bertz CT molecular complexity index is 809. The molecule has 7 heteroatoms. The Morgan fingerprint density at radius 1 is 1.22 bits per heavy atom. The van der Waals surface area contributed by atoms with Crippen molar-refractivity contribution in [3.63, 3.8) is 0 Å². The van der Waals surface area contributed by atoms with E-state index in [4.69, 9.17) is 0 Å². The van der Waals surface area contributed by atoms with Gasteiger partial charge in [-0.15, -0.1) is 0 Å². The van der Waals surface area contributed by atoms with Gasteiger partial charge in [0.25, 0.3) is 5.91 Å². The molecule has 1 atom stereocenters. The van der Waals surface area contributed by atoms with Crippen LogP contribution in [0.25, 0.3) is 0 Å². The molecule has 144 valence electrons. The molecule has 0 bridgehead atoms. The average molecular weight is 372 g/mol. The summed E-state index contributed by atoms with van der Waals surface area (Å²) in [4.78, 5) is 40.1. The number of nitrogens with one attached hydrogen (secondary N) is 1. The number of hydrogen-bond acceptors (Lipinski definition) is 5. The van der Waals surface area contributed by atoms with E-state index >= 15 is 0 Å². The minimum atomic E-state index is -1.24. The van der Waals surface area contributed by atoms with Crippen molar-refractivity contribution in [3.8, 4) is 0 Å². The van der Waals surface area contributed by atoms with Crippen molar-refractivity contribution < 1.29 is 24.6 Å². The summed E-state index contributed by atoms with van der Waals surface area (Å²) in [7, 11) is 0. The number of Topliss-reactive ketones (excluding diaryl/α,β-unsaturated/α-hetero) is 1. The first-order valence-corrected chi connectivity index (χ1v) is 8.66. The van der Waals surface area contributed by atoms with Crippen molar-refractivity contribution in [3.05, 3.63) is 47.2 Å². The van der Waals surface area contributed by atoms with Crippen molar-refractivity contribution in [1.82, 2.24) is 5.32 Å². The zero-order valence-electron chi connectivity index (χ0n) is 15.7. The second kappa shape index (κ2) is 8.16. The number of benzene rings is 1. The first-order chi connectivity index (χ1) is 12.6. The van der Waals surface area contributed by atoms with Gasteiger partial charge in [0.1, 0.15) is 11.8 Å². The Kier molecular flexibility index (Phi) is 6.15. The van der Waals surface area contributed by atoms with Gasteiger partial charge >= 0.3 is 5.97 Å². The lowest BCUT2D eigenvalue weighted by molar-refractivity contribution is -0.138. The third kappa shape index (κ3) is 5.26. The van der Waals surface area contributed by atoms with E-state index in [-0.39, 0.29) is 41.2 Å². The quantitative estimate of drug-likeness (QED) is 0.664. The molecule has 1 unspecified atom stereocenters. The predicted molar refractivity (Wildman–Crippen MR) is 101 cm³/mol. The molecular weight excluding hydrogens is 348 g/mol. The highest BCUT2D eigenvalue weighted by Crippen LogP contribution is 2.36. The maximum atomic E-state index is 12.3. The molecule has 0 aromatic heterocycles. The Hall–Kier alpha value is -2.96. The molecule has 2 rings (SSSR count). The Labute approximate surface area is 157 Å². The lowest BCUT2D eigenvalue weighted by atomic mass is 9.76. The molecule has 0 aliphatic heterocycles. The number of nitrogens with zero attached hydrogens (tertiary/aromatic N) is 1. The molecule has 1 amide bonds. The number of amides is 1. The van der Waals surface area contributed by atoms with Crippen LogP contribution in [0.5, 0.6) is 0 Å². The van der Waals surface area contributed by atoms with Crippen molar-refractivity contribution in [2.45, 2.75) is 39.7 Å². The van der Waals surface area contributed by atoms with Crippen LogP contribution >= 0.6 is 0 Å². The highest BCUT2D eigenvalue weighted by molar-refractivity contribution is 6.22. The van der Waals surface area contributed by atoms with Crippen LogP contribution in [0.2, 0.25) is 0 Å². The van der Waals surface area contributed by atoms with Gasteiger partial charge < -0.3 is 15.5 Å². The van der Waals surface area contributed by atoms with Gasteiger partial charge in [-0.25, -0.2) is 4.79 Å². The zero-order valence-corrected chi connectivity index (χ0v) is 15.7. The van der Waals surface area contributed by atoms with E-state index in [2.05, 4.69) is 10.3 Å². The second-order valence-electron chi connectivity index (χ2n) is 7.42. The summed E-state index contributed by atoms with van der Waals surface area (Å²) in [5, 5.41) is 22.0. The third-order valence-corrected chi connectivity index (χ3v) is 4.36. The minimum absolute atomic E-state index is 0.0299. The lowest BCUT2D eigenvalue weighted by Gasteiger charge is -2.29. The van der Waals surface area contributed by atoms with E-state index in [1.165, 1.54) is 0 Å². The number of aliphatic hydroxyl groups excluding tert-OH is 1. The van der Waals surface area contributed by atoms with Gasteiger partial charge in [-0.2, -0.15) is 0 Å². The number of aliphatic imine (C=N–C) groups is 1. The Morgan fingerprint density at radius 2 is 1.85 bits per heavy atom. The number of allylic oxidation sites excluding steroid dienone is 2. The van der Waals surface area contributed by atoms with Gasteiger partial charge in [0, 0.05) is 24.1 Å². The molecular formula is C20H24N2O5. The van der Waals surface area contributed by atoms with E-state index < -0.39 is 17.9 Å². The minimum Gasteiger partial charge on any atom is -0.511 e. The number of ketones is 1. The molecule has 27 heavy (non-hydrogen) atoms. The fraction of sp³-hybridized carbons (Fsp3) is 0.400. The maximum Gasteiger partial charge on any atom is 0.328 e. The summed E-state index contributed by atoms with van der Waals surface area (Å²) in [6, 6.07) is 7.02. The third-order valence-electron chi connectivity index (χ3n) is 4.36. The highest BCUT2D eigenvalue weighted by Gasteiger charge is 2.34. The lowest BCUT2D eigenvalue weighted by Crippen LogP contribution is -2.43. The van der Waals surface area contributed by atoms with Crippen LogP contribution in [0.4, 0.5) is 0 Å². The molecule has 0 heterocycles. The van der Waals surface area contributed by atoms with Gasteiger partial charge in [-0.05, 0) is 24.5 Å². The van der Waals surface area contributed by atoms with Gasteiger partial charge in [0.2, 0.25) is 0 Å². The summed E-state index contributed by atoms with van der Waals surface area (Å²) < 4.78 is 0. The average Bonchev–Trinajstić information content (AvgIpc) is 2.57. The van der Waals surface area contributed by atoms with Crippen molar-refractivity contribution in [2.24, 2.45) is 10.4 Å². The van der Waals surface area contributed by atoms with E-state index in [1.807, 2.05) is 13.8 Å². The van der Waals surface area contributed by atoms with Crippen LogP contribution in [0.3, 0.4) is 0 Å². The summed E-state index contributed by atoms with van der Waals surface area (Å²) in [6.45, 7) is 5.10. The van der Waals surface area contributed by atoms with Crippen LogP contribution < -0.4 is 5.32 Å². The topological polar surface area (TPSA) is 116 Å². The van der Waals surface area contributed by atoms with Crippen LogP contribution in [0.1, 0.15) is 44.0 Å². The molecule has 0 fully saturated rings. The summed E-state index contributed by atoms with van der Waals surface area (Å²) in [5.74, 6) is -2.00. The smallest absolute Gasteiger partial charge is 0.328 e. The van der Waals surface area contributed by atoms with Gasteiger partial charge in [0.05, 0.1) is 12.1 Å². The SMILES string of the molecule is CC(=NCC(NC(=O)c1ccccc1)C(=O)O)C1=C(O)CC(C)(C)CC1=O. The van der Waals surface area contributed by atoms with Gasteiger partial charge in [-0.1, -0.05) is 32.0 Å². The number of carboxylic acid groups (broad SMARTS) is 1. The van der Waals surface area contributed by atoms with Crippen LogP contribution in [-0.2, 0) is 9.59 Å². The van der Waals surface area contributed by atoms with Crippen molar-refractivity contribution in [2.75, 3.05) is 6.54 Å². The zero-order chi connectivity index (χ0) is 20.2. The molecule has 0 saturated carbocycles. The first kappa shape index (κ1) is 20.4.